The molecular formula is C13H18N2O4S. The maximum Gasteiger partial charge on any atom is 0.238 e. The number of piperidine rings is 1. The lowest BCUT2D eigenvalue weighted by Gasteiger charge is -2.39. The van der Waals surface area contributed by atoms with Crippen molar-refractivity contribution in [3.05, 3.63) is 24.3 Å². The van der Waals surface area contributed by atoms with Crippen molar-refractivity contribution in [3.63, 3.8) is 0 Å². The highest BCUT2D eigenvalue weighted by Crippen LogP contribution is 2.32. The Labute approximate surface area is 118 Å². The smallest absolute Gasteiger partial charge is 0.238 e. The monoisotopic (exact) mass is 298 g/mol. The Hall–Kier alpha value is -1.15. The molecule has 110 valence electrons. The van der Waals surface area contributed by atoms with Crippen LogP contribution in [0.2, 0.25) is 0 Å². The van der Waals surface area contributed by atoms with Crippen LogP contribution >= 0.6 is 0 Å². The van der Waals surface area contributed by atoms with Gasteiger partial charge in [-0.1, -0.05) is 0 Å². The van der Waals surface area contributed by atoms with Crippen molar-refractivity contribution in [2.24, 2.45) is 5.14 Å². The lowest BCUT2D eigenvalue weighted by Crippen LogP contribution is -2.49. The number of anilines is 1. The molecule has 1 aromatic rings. The molecule has 1 aromatic carbocycles. The number of nitrogens with zero attached hydrogens (tertiary/aromatic N) is 1. The number of sulfonamides is 1. The molecule has 1 spiro atoms. The van der Waals surface area contributed by atoms with E-state index in [9.17, 15) is 8.42 Å². The van der Waals surface area contributed by atoms with Gasteiger partial charge in [-0.15, -0.1) is 0 Å². The number of rotatable bonds is 2. The Morgan fingerprint density at radius 2 is 1.80 bits per heavy atom. The highest BCUT2D eigenvalue weighted by molar-refractivity contribution is 7.89. The molecular weight excluding hydrogens is 280 g/mol. The van der Waals surface area contributed by atoms with Gasteiger partial charge in [-0.05, 0) is 30.7 Å². The van der Waals surface area contributed by atoms with E-state index in [4.69, 9.17) is 14.6 Å². The summed E-state index contributed by atoms with van der Waals surface area (Å²) in [6.07, 6.45) is 1.88. The number of benzene rings is 1. The minimum absolute atomic E-state index is 0.126. The van der Waals surface area contributed by atoms with Crippen LogP contribution in [-0.2, 0) is 19.5 Å². The van der Waals surface area contributed by atoms with E-state index in [1.165, 1.54) is 12.1 Å². The zero-order valence-electron chi connectivity index (χ0n) is 11.1. The van der Waals surface area contributed by atoms with Crippen LogP contribution in [-0.4, -0.2) is 40.5 Å². The van der Waals surface area contributed by atoms with E-state index in [0.29, 0.717) is 19.8 Å². The Bertz CT molecular complexity index is 579. The van der Waals surface area contributed by atoms with E-state index in [1.807, 2.05) is 0 Å². The summed E-state index contributed by atoms with van der Waals surface area (Å²) in [5.41, 5.74) is 0.954. The molecule has 0 atom stereocenters. The summed E-state index contributed by atoms with van der Waals surface area (Å²) in [6.45, 7) is 2.85. The van der Waals surface area contributed by atoms with Crippen LogP contribution in [0.3, 0.4) is 0 Å². The summed E-state index contributed by atoms with van der Waals surface area (Å²) in [5.74, 6) is -0.489. The SMILES string of the molecule is NS(=O)(=O)c1ccc(N2CCCC3(C2)OCCO3)cc1. The molecule has 7 heteroatoms. The third-order valence-electron chi connectivity index (χ3n) is 3.76. The van der Waals surface area contributed by atoms with Gasteiger partial charge in [-0.25, -0.2) is 13.6 Å². The molecule has 0 aliphatic carbocycles. The number of hydrogen-bond acceptors (Lipinski definition) is 5. The van der Waals surface area contributed by atoms with Crippen molar-refractivity contribution in [1.82, 2.24) is 0 Å². The molecule has 2 fully saturated rings. The lowest BCUT2D eigenvalue weighted by molar-refractivity contribution is -0.161. The fraction of sp³-hybridized carbons (Fsp3) is 0.538. The van der Waals surface area contributed by atoms with Crippen molar-refractivity contribution in [1.29, 1.82) is 0 Å². The Kier molecular flexibility index (Phi) is 3.45. The van der Waals surface area contributed by atoms with Crippen molar-refractivity contribution >= 4 is 15.7 Å². The van der Waals surface area contributed by atoms with Gasteiger partial charge in [0.05, 0.1) is 24.7 Å². The standard InChI is InChI=1S/C13H18N2O4S/c14-20(16,17)12-4-2-11(3-5-12)15-7-1-6-13(10-15)18-8-9-19-13/h2-5H,1,6-10H2,(H2,14,16,17). The second-order valence-corrected chi connectivity index (χ2v) is 6.73. The average molecular weight is 298 g/mol. The normalized spacial score (nSPS) is 22.4. The molecule has 0 bridgehead atoms. The van der Waals surface area contributed by atoms with Gasteiger partial charge >= 0.3 is 0 Å². The van der Waals surface area contributed by atoms with Crippen LogP contribution in [0.5, 0.6) is 0 Å². The van der Waals surface area contributed by atoms with E-state index < -0.39 is 15.8 Å². The Morgan fingerprint density at radius 3 is 2.40 bits per heavy atom. The summed E-state index contributed by atoms with van der Waals surface area (Å²) in [5, 5.41) is 5.10. The first kappa shape index (κ1) is 13.8. The van der Waals surface area contributed by atoms with Crippen LogP contribution in [0.15, 0.2) is 29.2 Å². The van der Waals surface area contributed by atoms with Gasteiger partial charge in [0.25, 0.3) is 0 Å². The molecule has 2 N–H and O–H groups in total. The van der Waals surface area contributed by atoms with Crippen molar-refractivity contribution < 1.29 is 17.9 Å². The molecule has 2 aliphatic heterocycles. The molecule has 0 unspecified atom stereocenters. The van der Waals surface area contributed by atoms with E-state index in [1.54, 1.807) is 12.1 Å². The summed E-state index contributed by atoms with van der Waals surface area (Å²) in [6, 6.07) is 6.60. The van der Waals surface area contributed by atoms with Crippen LogP contribution < -0.4 is 10.0 Å². The molecule has 6 nitrogen and oxygen atoms in total. The van der Waals surface area contributed by atoms with E-state index in [2.05, 4.69) is 4.90 Å². The highest BCUT2D eigenvalue weighted by atomic mass is 32.2. The van der Waals surface area contributed by atoms with Crippen molar-refractivity contribution in [3.8, 4) is 0 Å². The first-order valence-corrected chi connectivity index (χ1v) is 8.19. The first-order valence-electron chi connectivity index (χ1n) is 6.64. The molecule has 2 saturated heterocycles. The fourth-order valence-electron chi connectivity index (χ4n) is 2.79. The lowest BCUT2D eigenvalue weighted by atomic mass is 10.0. The first-order chi connectivity index (χ1) is 9.49. The summed E-state index contributed by atoms with van der Waals surface area (Å²) in [4.78, 5) is 2.28. The fourth-order valence-corrected chi connectivity index (χ4v) is 3.30. The highest BCUT2D eigenvalue weighted by Gasteiger charge is 2.40. The van der Waals surface area contributed by atoms with Gasteiger partial charge in [0.1, 0.15) is 0 Å². The van der Waals surface area contributed by atoms with Crippen LogP contribution in [0.4, 0.5) is 5.69 Å². The molecule has 3 rings (SSSR count). The van der Waals surface area contributed by atoms with Crippen molar-refractivity contribution in [2.75, 3.05) is 31.2 Å². The van der Waals surface area contributed by atoms with Gasteiger partial charge in [0.2, 0.25) is 10.0 Å². The molecule has 2 aliphatic rings. The van der Waals surface area contributed by atoms with Gasteiger partial charge in [-0.3, -0.25) is 0 Å². The molecule has 2 heterocycles. The number of nitrogens with two attached hydrogens (primary N) is 1. The molecule has 20 heavy (non-hydrogen) atoms. The summed E-state index contributed by atoms with van der Waals surface area (Å²) >= 11 is 0. The van der Waals surface area contributed by atoms with E-state index in [-0.39, 0.29) is 4.90 Å². The third-order valence-corrected chi connectivity index (χ3v) is 4.69. The Morgan fingerprint density at radius 1 is 1.15 bits per heavy atom. The molecule has 0 amide bonds. The van der Waals surface area contributed by atoms with Gasteiger partial charge in [0, 0.05) is 18.7 Å². The summed E-state index contributed by atoms with van der Waals surface area (Å²) < 4.78 is 34.0. The number of hydrogen-bond donors (Lipinski definition) is 1. The molecule has 0 aromatic heterocycles. The third kappa shape index (κ3) is 2.67. The Balaban J connectivity index is 1.79. The minimum Gasteiger partial charge on any atom is -0.366 e. The number of ether oxygens (including phenoxy) is 2. The zero-order chi connectivity index (χ0) is 14.2. The van der Waals surface area contributed by atoms with Crippen LogP contribution in [0, 0.1) is 0 Å². The topological polar surface area (TPSA) is 81.9 Å². The second kappa shape index (κ2) is 5.00. The van der Waals surface area contributed by atoms with E-state index >= 15 is 0 Å². The quantitative estimate of drug-likeness (QED) is 0.868. The minimum atomic E-state index is -3.64. The van der Waals surface area contributed by atoms with Gasteiger partial charge in [-0.2, -0.15) is 0 Å². The van der Waals surface area contributed by atoms with Gasteiger partial charge in [0.15, 0.2) is 5.79 Å². The average Bonchev–Trinajstić information content (AvgIpc) is 2.86. The van der Waals surface area contributed by atoms with Gasteiger partial charge < -0.3 is 14.4 Å². The maximum atomic E-state index is 11.2. The predicted octanol–water partition coefficient (Wildman–Crippen LogP) is 0.677. The van der Waals surface area contributed by atoms with Crippen LogP contribution in [0.1, 0.15) is 12.8 Å². The number of primary sulfonamides is 1. The van der Waals surface area contributed by atoms with Crippen LogP contribution in [0.25, 0.3) is 0 Å². The molecule has 0 saturated carbocycles. The zero-order valence-corrected chi connectivity index (χ0v) is 11.9. The maximum absolute atomic E-state index is 11.2. The largest absolute Gasteiger partial charge is 0.366 e. The van der Waals surface area contributed by atoms with E-state index in [0.717, 1.165) is 25.1 Å². The van der Waals surface area contributed by atoms with Crippen molar-refractivity contribution in [2.45, 2.75) is 23.5 Å². The molecule has 0 radical (unpaired) electrons. The second-order valence-electron chi connectivity index (χ2n) is 5.17. The summed E-state index contributed by atoms with van der Waals surface area (Å²) in [7, 11) is -3.64. The predicted molar refractivity (Wildman–Crippen MR) is 73.9 cm³/mol.